The standard InChI is InChI=1S/C16H16BrNO2/c1-10-8-12-13(4-3-5-15(12)19)18(10)14-9-11(17)6-7-16(14)20-2/h6-9H,3-5H2,1-2H3. The average Bonchev–Trinajstić information content (AvgIpc) is 2.76. The lowest BCUT2D eigenvalue weighted by atomic mass is 9.96. The number of hydrogen-bond acceptors (Lipinski definition) is 2. The number of halogens is 1. The highest BCUT2D eigenvalue weighted by Gasteiger charge is 2.24. The molecule has 0 bridgehead atoms. The van der Waals surface area contributed by atoms with Crippen molar-refractivity contribution in [2.24, 2.45) is 0 Å². The number of fused-ring (bicyclic) bond motifs is 1. The van der Waals surface area contributed by atoms with E-state index in [4.69, 9.17) is 4.74 Å². The molecule has 4 heteroatoms. The Morgan fingerprint density at radius 3 is 2.80 bits per heavy atom. The van der Waals surface area contributed by atoms with Gasteiger partial charge in [0.15, 0.2) is 5.78 Å². The predicted molar refractivity (Wildman–Crippen MR) is 82.0 cm³/mol. The molecular weight excluding hydrogens is 318 g/mol. The Balaban J connectivity index is 2.25. The van der Waals surface area contributed by atoms with Gasteiger partial charge in [-0.15, -0.1) is 0 Å². The molecule has 1 aliphatic carbocycles. The average molecular weight is 334 g/mol. The van der Waals surface area contributed by atoms with Gasteiger partial charge in [0.2, 0.25) is 0 Å². The van der Waals surface area contributed by atoms with Crippen LogP contribution >= 0.6 is 15.9 Å². The molecule has 0 amide bonds. The van der Waals surface area contributed by atoms with Crippen LogP contribution in [0.5, 0.6) is 5.75 Å². The lowest BCUT2D eigenvalue weighted by Crippen LogP contribution is -2.13. The maximum atomic E-state index is 12.0. The van der Waals surface area contributed by atoms with Crippen LogP contribution < -0.4 is 4.74 Å². The van der Waals surface area contributed by atoms with Gasteiger partial charge in [-0.25, -0.2) is 0 Å². The topological polar surface area (TPSA) is 31.2 Å². The second-order valence-corrected chi connectivity index (χ2v) is 5.99. The summed E-state index contributed by atoms with van der Waals surface area (Å²) in [6.07, 6.45) is 2.52. The van der Waals surface area contributed by atoms with Crippen LogP contribution in [0, 0.1) is 6.92 Å². The van der Waals surface area contributed by atoms with Gasteiger partial charge in [-0.2, -0.15) is 0 Å². The molecule has 0 radical (unpaired) electrons. The first-order chi connectivity index (χ1) is 9.61. The monoisotopic (exact) mass is 333 g/mol. The zero-order chi connectivity index (χ0) is 14.3. The number of Topliss-reactive ketones (excluding diaryl/α,β-unsaturated/α-hetero) is 1. The van der Waals surface area contributed by atoms with Gasteiger partial charge in [0, 0.05) is 27.8 Å². The van der Waals surface area contributed by atoms with Crippen molar-refractivity contribution in [3.8, 4) is 11.4 Å². The number of carbonyl (C=O) groups excluding carboxylic acids is 1. The molecule has 3 nitrogen and oxygen atoms in total. The van der Waals surface area contributed by atoms with Crippen LogP contribution in [0.3, 0.4) is 0 Å². The molecule has 1 aromatic carbocycles. The third-order valence-electron chi connectivity index (χ3n) is 3.79. The van der Waals surface area contributed by atoms with Crippen LogP contribution in [0.15, 0.2) is 28.7 Å². The van der Waals surface area contributed by atoms with Gasteiger partial charge in [0.25, 0.3) is 0 Å². The molecule has 0 aliphatic heterocycles. The summed E-state index contributed by atoms with van der Waals surface area (Å²) in [6.45, 7) is 2.03. The molecule has 2 aromatic rings. The first kappa shape index (κ1) is 13.4. The van der Waals surface area contributed by atoms with Crippen molar-refractivity contribution in [3.63, 3.8) is 0 Å². The van der Waals surface area contributed by atoms with E-state index >= 15 is 0 Å². The fourth-order valence-corrected chi connectivity index (χ4v) is 3.25. The molecule has 1 aliphatic rings. The largest absolute Gasteiger partial charge is 0.495 e. The number of aryl methyl sites for hydroxylation is 1. The Morgan fingerprint density at radius 2 is 2.05 bits per heavy atom. The fourth-order valence-electron chi connectivity index (χ4n) is 2.90. The number of hydrogen-bond donors (Lipinski definition) is 0. The van der Waals surface area contributed by atoms with Crippen molar-refractivity contribution in [2.75, 3.05) is 7.11 Å². The zero-order valence-electron chi connectivity index (χ0n) is 11.6. The fraction of sp³-hybridized carbons (Fsp3) is 0.312. The molecule has 0 atom stereocenters. The number of methoxy groups -OCH3 is 1. The van der Waals surface area contributed by atoms with Gasteiger partial charge in [-0.3, -0.25) is 4.79 Å². The Kier molecular flexibility index (Phi) is 3.42. The quantitative estimate of drug-likeness (QED) is 0.829. The van der Waals surface area contributed by atoms with E-state index in [9.17, 15) is 4.79 Å². The number of benzene rings is 1. The van der Waals surface area contributed by atoms with E-state index in [0.717, 1.165) is 45.7 Å². The van der Waals surface area contributed by atoms with E-state index in [1.165, 1.54) is 0 Å². The first-order valence-electron chi connectivity index (χ1n) is 6.70. The molecule has 0 fully saturated rings. The van der Waals surface area contributed by atoms with Crippen molar-refractivity contribution in [1.29, 1.82) is 0 Å². The molecular formula is C16H16BrNO2. The molecule has 0 saturated carbocycles. The van der Waals surface area contributed by atoms with Gasteiger partial charge < -0.3 is 9.30 Å². The Labute approximate surface area is 126 Å². The number of ether oxygens (including phenoxy) is 1. The van der Waals surface area contributed by atoms with Gasteiger partial charge >= 0.3 is 0 Å². The summed E-state index contributed by atoms with van der Waals surface area (Å²) in [5.41, 5.74) is 4.03. The molecule has 0 saturated heterocycles. The maximum absolute atomic E-state index is 12.0. The van der Waals surface area contributed by atoms with E-state index in [2.05, 4.69) is 20.5 Å². The van der Waals surface area contributed by atoms with Gasteiger partial charge in [-0.1, -0.05) is 15.9 Å². The normalized spacial score (nSPS) is 14.2. The minimum absolute atomic E-state index is 0.252. The van der Waals surface area contributed by atoms with Crippen LogP contribution in [0.4, 0.5) is 0 Å². The smallest absolute Gasteiger partial charge is 0.164 e. The number of carbonyl (C=O) groups is 1. The maximum Gasteiger partial charge on any atom is 0.164 e. The Hall–Kier alpha value is -1.55. The number of rotatable bonds is 2. The summed E-state index contributed by atoms with van der Waals surface area (Å²) < 4.78 is 8.62. The predicted octanol–water partition coefficient (Wildman–Crippen LogP) is 4.08. The molecule has 1 aromatic heterocycles. The van der Waals surface area contributed by atoms with E-state index in [1.807, 2.05) is 31.2 Å². The summed E-state index contributed by atoms with van der Waals surface area (Å²) in [7, 11) is 1.67. The van der Waals surface area contributed by atoms with E-state index in [0.29, 0.717) is 6.42 Å². The van der Waals surface area contributed by atoms with E-state index < -0.39 is 0 Å². The highest BCUT2D eigenvalue weighted by molar-refractivity contribution is 9.10. The third kappa shape index (κ3) is 2.08. The molecule has 20 heavy (non-hydrogen) atoms. The second kappa shape index (κ2) is 5.09. The van der Waals surface area contributed by atoms with Crippen molar-refractivity contribution in [1.82, 2.24) is 4.57 Å². The van der Waals surface area contributed by atoms with Crippen molar-refractivity contribution < 1.29 is 9.53 Å². The zero-order valence-corrected chi connectivity index (χ0v) is 13.2. The molecule has 1 heterocycles. The summed E-state index contributed by atoms with van der Waals surface area (Å²) in [5, 5.41) is 0. The number of ketones is 1. The molecule has 0 spiro atoms. The van der Waals surface area contributed by atoms with Crippen LogP contribution in [0.2, 0.25) is 0 Å². The van der Waals surface area contributed by atoms with E-state index in [1.54, 1.807) is 7.11 Å². The lowest BCUT2D eigenvalue weighted by Gasteiger charge is -2.18. The van der Waals surface area contributed by atoms with Crippen LogP contribution in [-0.2, 0) is 6.42 Å². The molecule has 3 rings (SSSR count). The first-order valence-corrected chi connectivity index (χ1v) is 7.49. The van der Waals surface area contributed by atoms with Crippen molar-refractivity contribution in [2.45, 2.75) is 26.2 Å². The number of aromatic nitrogens is 1. The van der Waals surface area contributed by atoms with Crippen LogP contribution in [0.1, 0.15) is 34.6 Å². The minimum atomic E-state index is 0.252. The van der Waals surface area contributed by atoms with Gasteiger partial charge in [0.1, 0.15) is 5.75 Å². The summed E-state index contributed by atoms with van der Waals surface area (Å²) in [5.74, 6) is 1.06. The highest BCUT2D eigenvalue weighted by atomic mass is 79.9. The van der Waals surface area contributed by atoms with Gasteiger partial charge in [0.05, 0.1) is 12.8 Å². The SMILES string of the molecule is COc1ccc(Br)cc1-n1c(C)cc2c1CCCC2=O. The van der Waals surface area contributed by atoms with E-state index in [-0.39, 0.29) is 5.78 Å². The Bertz CT molecular complexity index is 688. The second-order valence-electron chi connectivity index (χ2n) is 5.07. The molecule has 104 valence electrons. The van der Waals surface area contributed by atoms with Crippen molar-refractivity contribution in [3.05, 3.63) is 45.7 Å². The van der Waals surface area contributed by atoms with Gasteiger partial charge in [-0.05, 0) is 44.0 Å². The van der Waals surface area contributed by atoms with Crippen LogP contribution in [0.25, 0.3) is 5.69 Å². The summed E-state index contributed by atoms with van der Waals surface area (Å²) >= 11 is 3.51. The summed E-state index contributed by atoms with van der Waals surface area (Å²) in [4.78, 5) is 12.0. The van der Waals surface area contributed by atoms with Crippen LogP contribution in [-0.4, -0.2) is 17.5 Å². The molecule has 0 N–H and O–H groups in total. The lowest BCUT2D eigenvalue weighted by molar-refractivity contribution is 0.0972. The third-order valence-corrected chi connectivity index (χ3v) is 4.28. The number of nitrogens with zero attached hydrogens (tertiary/aromatic N) is 1. The molecule has 0 unspecified atom stereocenters. The highest BCUT2D eigenvalue weighted by Crippen LogP contribution is 2.33. The Morgan fingerprint density at radius 1 is 1.25 bits per heavy atom. The summed E-state index contributed by atoms with van der Waals surface area (Å²) in [6, 6.07) is 7.93. The van der Waals surface area contributed by atoms with Crippen molar-refractivity contribution >= 4 is 21.7 Å². The minimum Gasteiger partial charge on any atom is -0.495 e.